The van der Waals surface area contributed by atoms with E-state index in [-0.39, 0.29) is 23.4 Å². The number of non-ortho nitro benzene ring substituents is 1. The van der Waals surface area contributed by atoms with Crippen molar-refractivity contribution >= 4 is 56.1 Å². The summed E-state index contributed by atoms with van der Waals surface area (Å²) in [5.74, 6) is -2.39. The molecule has 2 atom stereocenters. The van der Waals surface area contributed by atoms with Crippen LogP contribution in [0.1, 0.15) is 28.2 Å². The fourth-order valence-electron chi connectivity index (χ4n) is 7.14. The molecule has 9 rings (SSSR count). The third kappa shape index (κ3) is 3.23. The molecule has 1 aromatic heterocycles. The number of nitrogens with one attached hydrogen (secondary N) is 1. The Morgan fingerprint density at radius 2 is 1.52 bits per heavy atom. The van der Waals surface area contributed by atoms with E-state index in [9.17, 15) is 19.7 Å². The maximum absolute atomic E-state index is 14.4. The number of nitro groups is 1. The van der Waals surface area contributed by atoms with Gasteiger partial charge in [0.1, 0.15) is 0 Å². The van der Waals surface area contributed by atoms with E-state index in [0.717, 1.165) is 32.5 Å². The Balaban J connectivity index is 1.29. The zero-order valence-electron chi connectivity index (χ0n) is 21.9. The van der Waals surface area contributed by atoms with Gasteiger partial charge in [0, 0.05) is 24.3 Å². The normalized spacial score (nSPS) is 23.7. The van der Waals surface area contributed by atoms with E-state index in [4.69, 9.17) is 5.10 Å². The number of imide groups is 1. The van der Waals surface area contributed by atoms with E-state index < -0.39 is 22.2 Å². The smallest absolute Gasteiger partial charge is 0.269 e. The first-order valence-corrected chi connectivity index (χ1v) is 14.3. The van der Waals surface area contributed by atoms with Crippen molar-refractivity contribution in [3.05, 3.63) is 129 Å². The van der Waals surface area contributed by atoms with Gasteiger partial charge in [-0.1, -0.05) is 72.0 Å². The largest absolute Gasteiger partial charge is 0.274 e. The highest BCUT2D eigenvalue weighted by Crippen LogP contribution is 2.63. The molecule has 10 heteroatoms. The number of rotatable bonds is 5. The third-order valence-corrected chi connectivity index (χ3v) is 9.67. The van der Waals surface area contributed by atoms with Gasteiger partial charge < -0.3 is 0 Å². The highest BCUT2D eigenvalue weighted by molar-refractivity contribution is 7.22. The fraction of sp³-hybridized carbons (Fsp3) is 0.125. The number of thiazole rings is 1. The zero-order chi connectivity index (χ0) is 28.6. The Morgan fingerprint density at radius 1 is 0.881 bits per heavy atom. The molecule has 9 nitrogen and oxygen atoms in total. The van der Waals surface area contributed by atoms with Crippen molar-refractivity contribution in [1.82, 2.24) is 4.98 Å². The van der Waals surface area contributed by atoms with Gasteiger partial charge in [0.2, 0.25) is 16.9 Å². The molecule has 0 saturated carbocycles. The first-order valence-electron chi connectivity index (χ1n) is 13.5. The molecular formula is C32H21N5O4S. The average Bonchev–Trinajstić information content (AvgIpc) is 3.55. The van der Waals surface area contributed by atoms with Crippen molar-refractivity contribution in [2.45, 2.75) is 11.3 Å². The number of carbonyl (C=O) groups is 2. The molecule has 2 heterocycles. The molecule has 0 radical (unpaired) electrons. The van der Waals surface area contributed by atoms with E-state index in [0.29, 0.717) is 10.8 Å². The number of hydrazone groups is 1. The zero-order valence-corrected chi connectivity index (χ0v) is 22.7. The monoisotopic (exact) mass is 571 g/mol. The molecule has 2 bridgehead atoms. The highest BCUT2D eigenvalue weighted by atomic mass is 32.1. The fourth-order valence-corrected chi connectivity index (χ4v) is 7.95. The molecule has 204 valence electrons. The Bertz CT molecular complexity index is 1900. The number of carbonyl (C=O) groups excluding carboxylic acids is 2. The lowest BCUT2D eigenvalue weighted by Gasteiger charge is -2.52. The standard InChI is InChI=1S/C32H21N5O4S/c38-29-27-26-20-7-1-3-9-22(20)32(23-10-4-2-8-21(23)26,17-33-35-31-34-24-11-5-6-12-25(24)42-31)28(27)30(39)36(29)18-13-15-19(16-14-18)37(40)41/h1-17,26-28H,(H,34,35)/b33-17-/t26?,27-,28+,32?/m0/s1. The summed E-state index contributed by atoms with van der Waals surface area (Å²) in [5.41, 5.74) is 7.00. The number of fused-ring (bicyclic) bond motifs is 1. The van der Waals surface area contributed by atoms with Crippen molar-refractivity contribution in [2.24, 2.45) is 16.9 Å². The summed E-state index contributed by atoms with van der Waals surface area (Å²) in [7, 11) is 0. The number of hydrogen-bond donors (Lipinski definition) is 1. The number of nitrogens with zero attached hydrogens (tertiary/aromatic N) is 4. The summed E-state index contributed by atoms with van der Waals surface area (Å²) in [6.45, 7) is 0. The number of amides is 2. The molecule has 4 aliphatic rings. The first-order chi connectivity index (χ1) is 20.5. The molecule has 0 spiro atoms. The molecule has 5 aromatic rings. The van der Waals surface area contributed by atoms with Crippen LogP contribution in [0.25, 0.3) is 10.2 Å². The van der Waals surface area contributed by atoms with Crippen LogP contribution in [0.5, 0.6) is 0 Å². The third-order valence-electron chi connectivity index (χ3n) is 8.72. The minimum Gasteiger partial charge on any atom is -0.274 e. The van der Waals surface area contributed by atoms with Crippen molar-refractivity contribution in [2.75, 3.05) is 10.3 Å². The van der Waals surface area contributed by atoms with Gasteiger partial charge >= 0.3 is 0 Å². The van der Waals surface area contributed by atoms with Gasteiger partial charge in [-0.05, 0) is 46.5 Å². The summed E-state index contributed by atoms with van der Waals surface area (Å²) >= 11 is 1.48. The number of anilines is 2. The maximum Gasteiger partial charge on any atom is 0.269 e. The van der Waals surface area contributed by atoms with E-state index in [1.807, 2.05) is 72.8 Å². The Kier molecular flexibility index (Phi) is 5.20. The second kappa shape index (κ2) is 8.89. The molecule has 3 aliphatic carbocycles. The van der Waals surface area contributed by atoms with Crippen LogP contribution in [0, 0.1) is 22.0 Å². The number of benzene rings is 4. The lowest BCUT2D eigenvalue weighted by molar-refractivity contribution is -0.384. The summed E-state index contributed by atoms with van der Waals surface area (Å²) in [6.07, 6.45) is 1.77. The van der Waals surface area contributed by atoms with E-state index >= 15 is 0 Å². The van der Waals surface area contributed by atoms with Crippen molar-refractivity contribution < 1.29 is 14.5 Å². The van der Waals surface area contributed by atoms with Crippen LogP contribution in [-0.4, -0.2) is 27.9 Å². The quantitative estimate of drug-likeness (QED) is 0.122. The number of para-hydroxylation sites is 1. The molecular weight excluding hydrogens is 550 g/mol. The number of hydrogen-bond acceptors (Lipinski definition) is 8. The highest BCUT2D eigenvalue weighted by Gasteiger charge is 2.68. The van der Waals surface area contributed by atoms with Crippen molar-refractivity contribution in [1.29, 1.82) is 0 Å². The van der Waals surface area contributed by atoms with Crippen LogP contribution < -0.4 is 10.3 Å². The van der Waals surface area contributed by atoms with E-state index in [1.54, 1.807) is 6.21 Å². The minimum absolute atomic E-state index is 0.111. The van der Waals surface area contributed by atoms with Gasteiger partial charge in [-0.25, -0.2) is 9.88 Å². The number of nitro benzene ring substituents is 1. The second-order valence-corrected chi connectivity index (χ2v) is 11.7. The van der Waals surface area contributed by atoms with Crippen molar-refractivity contribution in [3.63, 3.8) is 0 Å². The van der Waals surface area contributed by atoms with Gasteiger partial charge in [-0.3, -0.25) is 25.1 Å². The van der Waals surface area contributed by atoms with Crippen LogP contribution in [-0.2, 0) is 15.0 Å². The SMILES string of the molecule is O=C1[C@H]2C3c4ccccc4C(/C=N\Nc4nc5ccccc5s4)(c4ccccc43)[C@H]2C(=O)N1c1ccc([N+](=O)[O-])cc1. The Hall–Kier alpha value is -5.22. The Morgan fingerprint density at radius 3 is 2.19 bits per heavy atom. The lowest BCUT2D eigenvalue weighted by Crippen LogP contribution is -2.54. The van der Waals surface area contributed by atoms with Gasteiger partial charge in [0.15, 0.2) is 0 Å². The van der Waals surface area contributed by atoms with Crippen LogP contribution >= 0.6 is 11.3 Å². The molecule has 2 amide bonds. The summed E-state index contributed by atoms with van der Waals surface area (Å²) < 4.78 is 1.03. The van der Waals surface area contributed by atoms with Crippen LogP contribution in [0.15, 0.2) is 102 Å². The summed E-state index contributed by atoms with van der Waals surface area (Å²) in [4.78, 5) is 45.2. The maximum atomic E-state index is 14.4. The minimum atomic E-state index is -1.03. The average molecular weight is 572 g/mol. The van der Waals surface area contributed by atoms with E-state index in [2.05, 4.69) is 10.4 Å². The molecule has 1 N–H and O–H groups in total. The molecule has 1 fully saturated rings. The molecule has 4 aromatic carbocycles. The predicted molar refractivity (Wildman–Crippen MR) is 160 cm³/mol. The van der Waals surface area contributed by atoms with Gasteiger partial charge in [0.25, 0.3) is 5.69 Å². The number of aromatic nitrogens is 1. The van der Waals surface area contributed by atoms with Gasteiger partial charge in [0.05, 0.1) is 38.1 Å². The van der Waals surface area contributed by atoms with Crippen LogP contribution in [0.2, 0.25) is 0 Å². The van der Waals surface area contributed by atoms with Gasteiger partial charge in [-0.15, -0.1) is 0 Å². The second-order valence-electron chi connectivity index (χ2n) is 10.7. The Labute approximate surface area is 243 Å². The van der Waals surface area contributed by atoms with Crippen LogP contribution in [0.3, 0.4) is 0 Å². The predicted octanol–water partition coefficient (Wildman–Crippen LogP) is 5.85. The molecule has 42 heavy (non-hydrogen) atoms. The van der Waals surface area contributed by atoms with Crippen LogP contribution in [0.4, 0.5) is 16.5 Å². The van der Waals surface area contributed by atoms with Gasteiger partial charge in [-0.2, -0.15) is 5.10 Å². The summed E-state index contributed by atoms with van der Waals surface area (Å²) in [5, 5.41) is 16.6. The van der Waals surface area contributed by atoms with Crippen molar-refractivity contribution in [3.8, 4) is 0 Å². The summed E-state index contributed by atoms with van der Waals surface area (Å²) in [6, 6.07) is 29.3. The topological polar surface area (TPSA) is 118 Å². The molecule has 1 saturated heterocycles. The molecule has 1 aliphatic heterocycles. The van der Waals surface area contributed by atoms with E-state index in [1.165, 1.54) is 40.5 Å². The molecule has 0 unspecified atom stereocenters. The first kappa shape index (κ1) is 24.6. The lowest BCUT2D eigenvalue weighted by atomic mass is 9.47.